The quantitative estimate of drug-likeness (QED) is 0.609. The van der Waals surface area contributed by atoms with Gasteiger partial charge in [0.25, 0.3) is 0 Å². The number of nitrogens with one attached hydrogen (secondary N) is 1. The number of amides is 3. The van der Waals surface area contributed by atoms with Crippen LogP contribution in [0.3, 0.4) is 0 Å². The second kappa shape index (κ2) is 7.20. The third kappa shape index (κ3) is 4.18. The SMILES string of the molecule is COC(=O)C1CCCN(C(=O)NC(=O)CCCl)C1. The van der Waals surface area contributed by atoms with Crippen LogP contribution >= 0.6 is 11.6 Å². The molecule has 0 spiro atoms. The zero-order valence-electron chi connectivity index (χ0n) is 10.3. The minimum absolute atomic E-state index is 0.0988. The molecule has 0 aromatic carbocycles. The summed E-state index contributed by atoms with van der Waals surface area (Å²) in [6.45, 7) is 0.820. The predicted molar refractivity (Wildman–Crippen MR) is 65.2 cm³/mol. The summed E-state index contributed by atoms with van der Waals surface area (Å²) >= 11 is 5.40. The van der Waals surface area contributed by atoms with Gasteiger partial charge in [0, 0.05) is 25.4 Å². The third-order valence-electron chi connectivity index (χ3n) is 2.81. The summed E-state index contributed by atoms with van der Waals surface area (Å²) in [6.07, 6.45) is 1.52. The number of halogens is 1. The number of rotatable bonds is 3. The Labute approximate surface area is 111 Å². The Kier molecular flexibility index (Phi) is 5.91. The zero-order valence-corrected chi connectivity index (χ0v) is 11.0. The van der Waals surface area contributed by atoms with Gasteiger partial charge in [-0.25, -0.2) is 4.79 Å². The van der Waals surface area contributed by atoms with E-state index in [4.69, 9.17) is 11.6 Å². The van der Waals surface area contributed by atoms with Crippen LogP contribution in [0.15, 0.2) is 0 Å². The van der Waals surface area contributed by atoms with Crippen molar-refractivity contribution in [3.8, 4) is 0 Å². The van der Waals surface area contributed by atoms with E-state index in [0.717, 1.165) is 6.42 Å². The van der Waals surface area contributed by atoms with Crippen LogP contribution in [0, 0.1) is 5.92 Å². The number of esters is 1. The number of carbonyl (C=O) groups is 3. The van der Waals surface area contributed by atoms with Crippen LogP contribution in [0.2, 0.25) is 0 Å². The molecule has 0 saturated carbocycles. The van der Waals surface area contributed by atoms with E-state index < -0.39 is 11.9 Å². The van der Waals surface area contributed by atoms with E-state index in [1.165, 1.54) is 12.0 Å². The summed E-state index contributed by atoms with van der Waals surface area (Å²) in [6, 6.07) is -0.473. The molecule has 6 nitrogen and oxygen atoms in total. The van der Waals surface area contributed by atoms with E-state index in [1.54, 1.807) is 0 Å². The fraction of sp³-hybridized carbons (Fsp3) is 0.727. The minimum atomic E-state index is -0.473. The lowest BCUT2D eigenvalue weighted by Gasteiger charge is -2.31. The maximum Gasteiger partial charge on any atom is 0.324 e. The molecule has 1 saturated heterocycles. The van der Waals surface area contributed by atoms with E-state index in [1.807, 2.05) is 0 Å². The van der Waals surface area contributed by atoms with E-state index in [-0.39, 0.29) is 30.7 Å². The number of urea groups is 1. The number of methoxy groups -OCH3 is 1. The van der Waals surface area contributed by atoms with Crippen molar-refractivity contribution >= 4 is 29.5 Å². The van der Waals surface area contributed by atoms with Crippen molar-refractivity contribution in [3.05, 3.63) is 0 Å². The number of hydrogen-bond acceptors (Lipinski definition) is 4. The summed E-state index contributed by atoms with van der Waals surface area (Å²) in [4.78, 5) is 35.8. The Balaban J connectivity index is 2.48. The summed E-state index contributed by atoms with van der Waals surface area (Å²) in [5.41, 5.74) is 0. The van der Waals surface area contributed by atoms with Crippen molar-refractivity contribution in [1.29, 1.82) is 0 Å². The molecule has 0 aromatic heterocycles. The largest absolute Gasteiger partial charge is 0.469 e. The Morgan fingerprint density at radius 2 is 2.17 bits per heavy atom. The smallest absolute Gasteiger partial charge is 0.324 e. The highest BCUT2D eigenvalue weighted by Crippen LogP contribution is 2.17. The number of likely N-dealkylation sites (tertiary alicyclic amines) is 1. The van der Waals surface area contributed by atoms with Crippen LogP contribution in [0.25, 0.3) is 0 Å². The summed E-state index contributed by atoms with van der Waals surface area (Å²) < 4.78 is 4.66. The number of alkyl halides is 1. The van der Waals surface area contributed by atoms with Crippen LogP contribution in [0.5, 0.6) is 0 Å². The average molecular weight is 277 g/mol. The molecule has 1 heterocycles. The Bertz CT molecular complexity index is 335. The number of piperidine rings is 1. The second-order valence-corrected chi connectivity index (χ2v) is 4.48. The lowest BCUT2D eigenvalue weighted by molar-refractivity contribution is -0.146. The Morgan fingerprint density at radius 3 is 2.78 bits per heavy atom. The predicted octanol–water partition coefficient (Wildman–Crippen LogP) is 0.736. The number of carbonyl (C=O) groups excluding carboxylic acids is 3. The van der Waals surface area contributed by atoms with Crippen LogP contribution in [-0.2, 0) is 14.3 Å². The van der Waals surface area contributed by atoms with Crippen LogP contribution in [0.4, 0.5) is 4.79 Å². The third-order valence-corrected chi connectivity index (χ3v) is 3.00. The first-order valence-electron chi connectivity index (χ1n) is 5.81. The molecule has 7 heteroatoms. The summed E-state index contributed by atoms with van der Waals surface area (Å²) in [5.74, 6) is -0.864. The van der Waals surface area contributed by atoms with Gasteiger partial charge in [-0.05, 0) is 12.8 Å². The van der Waals surface area contributed by atoms with Gasteiger partial charge in [0.05, 0.1) is 13.0 Å². The van der Waals surface area contributed by atoms with Crippen LogP contribution < -0.4 is 5.32 Å². The van der Waals surface area contributed by atoms with Gasteiger partial charge in [0.15, 0.2) is 0 Å². The van der Waals surface area contributed by atoms with Gasteiger partial charge in [-0.1, -0.05) is 0 Å². The fourth-order valence-electron chi connectivity index (χ4n) is 1.87. The standard InChI is InChI=1S/C11H17ClN2O4/c1-18-10(16)8-3-2-6-14(7-8)11(17)13-9(15)4-5-12/h8H,2-7H2,1H3,(H,13,15,17). The number of imide groups is 1. The second-order valence-electron chi connectivity index (χ2n) is 4.10. The first kappa shape index (κ1) is 14.8. The molecule has 1 rings (SSSR count). The van der Waals surface area contributed by atoms with Gasteiger partial charge in [0.2, 0.25) is 5.91 Å². The highest BCUT2D eigenvalue weighted by atomic mass is 35.5. The molecule has 0 aromatic rings. The lowest BCUT2D eigenvalue weighted by Crippen LogP contribution is -2.48. The molecule has 0 bridgehead atoms. The van der Waals surface area contributed by atoms with Crippen molar-refractivity contribution < 1.29 is 19.1 Å². The van der Waals surface area contributed by atoms with Gasteiger partial charge in [-0.15, -0.1) is 11.6 Å². The summed E-state index contributed by atoms with van der Waals surface area (Å²) in [7, 11) is 1.32. The monoisotopic (exact) mass is 276 g/mol. The van der Waals surface area contributed by atoms with Crippen molar-refractivity contribution in [3.63, 3.8) is 0 Å². The molecule has 1 N–H and O–H groups in total. The highest BCUT2D eigenvalue weighted by Gasteiger charge is 2.29. The number of nitrogens with zero attached hydrogens (tertiary/aromatic N) is 1. The van der Waals surface area contributed by atoms with Crippen molar-refractivity contribution in [1.82, 2.24) is 10.2 Å². The molecule has 1 aliphatic heterocycles. The average Bonchev–Trinajstić information content (AvgIpc) is 2.38. The molecule has 1 fully saturated rings. The zero-order chi connectivity index (χ0) is 13.5. The molecular formula is C11H17ClN2O4. The van der Waals surface area contributed by atoms with E-state index in [9.17, 15) is 14.4 Å². The molecule has 0 radical (unpaired) electrons. The van der Waals surface area contributed by atoms with Crippen molar-refractivity contribution in [2.24, 2.45) is 5.92 Å². The van der Waals surface area contributed by atoms with Crippen LogP contribution in [-0.4, -0.2) is 48.9 Å². The lowest BCUT2D eigenvalue weighted by atomic mass is 9.98. The molecular weight excluding hydrogens is 260 g/mol. The molecule has 18 heavy (non-hydrogen) atoms. The van der Waals surface area contributed by atoms with Gasteiger partial charge >= 0.3 is 12.0 Å². The number of ether oxygens (including phenoxy) is 1. The van der Waals surface area contributed by atoms with Crippen LogP contribution in [0.1, 0.15) is 19.3 Å². The Morgan fingerprint density at radius 1 is 1.44 bits per heavy atom. The molecule has 1 unspecified atom stereocenters. The molecule has 1 atom stereocenters. The van der Waals surface area contributed by atoms with Crippen molar-refractivity contribution in [2.75, 3.05) is 26.1 Å². The summed E-state index contributed by atoms with van der Waals surface area (Å²) in [5, 5.41) is 2.24. The number of hydrogen-bond donors (Lipinski definition) is 1. The van der Waals surface area contributed by atoms with Gasteiger partial charge in [-0.3, -0.25) is 14.9 Å². The normalized spacial score (nSPS) is 19.2. The first-order chi connectivity index (χ1) is 8.58. The Hall–Kier alpha value is -1.30. The maximum atomic E-state index is 11.7. The van der Waals surface area contributed by atoms with E-state index in [0.29, 0.717) is 13.0 Å². The molecule has 1 aliphatic rings. The fourth-order valence-corrected chi connectivity index (χ4v) is 2.04. The van der Waals surface area contributed by atoms with Gasteiger partial charge in [-0.2, -0.15) is 0 Å². The maximum absolute atomic E-state index is 11.7. The minimum Gasteiger partial charge on any atom is -0.469 e. The van der Waals surface area contributed by atoms with Gasteiger partial charge < -0.3 is 9.64 Å². The molecule has 0 aliphatic carbocycles. The molecule has 102 valence electrons. The molecule has 3 amide bonds. The first-order valence-corrected chi connectivity index (χ1v) is 6.34. The highest BCUT2D eigenvalue weighted by molar-refractivity contribution is 6.19. The topological polar surface area (TPSA) is 75.7 Å². The van der Waals surface area contributed by atoms with E-state index in [2.05, 4.69) is 10.1 Å². The van der Waals surface area contributed by atoms with E-state index >= 15 is 0 Å². The van der Waals surface area contributed by atoms with Gasteiger partial charge in [0.1, 0.15) is 0 Å². The van der Waals surface area contributed by atoms with Crippen molar-refractivity contribution in [2.45, 2.75) is 19.3 Å².